The number of aromatic nitrogens is 3. The second-order valence-electron chi connectivity index (χ2n) is 4.09. The van der Waals surface area contributed by atoms with Crippen molar-refractivity contribution in [2.24, 2.45) is 0 Å². The molecule has 0 saturated carbocycles. The van der Waals surface area contributed by atoms with Gasteiger partial charge < -0.3 is 9.64 Å². The second-order valence-corrected chi connectivity index (χ2v) is 4.09. The molecule has 0 fully saturated rings. The highest BCUT2D eigenvalue weighted by molar-refractivity contribution is 5.87. The zero-order chi connectivity index (χ0) is 14.4. The first kappa shape index (κ1) is 13.9. The molecule has 2 rings (SSSR count). The highest BCUT2D eigenvalue weighted by atomic mass is 16.5. The lowest BCUT2D eigenvalue weighted by Crippen LogP contribution is -2.24. The molecular formula is C14H16N4O2. The van der Waals surface area contributed by atoms with E-state index in [1.807, 2.05) is 30.0 Å². The molecule has 0 aliphatic rings. The van der Waals surface area contributed by atoms with Gasteiger partial charge in [0.15, 0.2) is 5.69 Å². The third-order valence-electron chi connectivity index (χ3n) is 2.80. The standard InChI is InChI=1S/C14H16N4O2/c1-3-18(10-11-6-4-5-7-16-11)13-9-15-8-12(17-13)14(19)20-2/h4-9H,3,10H2,1-2H3. The molecule has 0 bridgehead atoms. The van der Waals surface area contributed by atoms with E-state index in [0.29, 0.717) is 12.4 Å². The number of carbonyl (C=O) groups excluding carboxylic acids is 1. The van der Waals surface area contributed by atoms with E-state index in [1.54, 1.807) is 12.4 Å². The molecule has 2 aromatic rings. The van der Waals surface area contributed by atoms with Crippen LogP contribution >= 0.6 is 0 Å². The zero-order valence-electron chi connectivity index (χ0n) is 11.5. The van der Waals surface area contributed by atoms with E-state index < -0.39 is 5.97 Å². The number of nitrogens with zero attached hydrogens (tertiary/aromatic N) is 4. The fraction of sp³-hybridized carbons (Fsp3) is 0.286. The van der Waals surface area contributed by atoms with Gasteiger partial charge in [-0.05, 0) is 19.1 Å². The highest BCUT2D eigenvalue weighted by Gasteiger charge is 2.12. The molecule has 0 atom stereocenters. The van der Waals surface area contributed by atoms with Crippen LogP contribution in [0.25, 0.3) is 0 Å². The van der Waals surface area contributed by atoms with Crippen molar-refractivity contribution in [2.75, 3.05) is 18.6 Å². The van der Waals surface area contributed by atoms with Gasteiger partial charge in [0.05, 0.1) is 31.7 Å². The second kappa shape index (κ2) is 6.60. The van der Waals surface area contributed by atoms with Crippen molar-refractivity contribution in [1.82, 2.24) is 15.0 Å². The SMILES string of the molecule is CCN(Cc1ccccn1)c1cncc(C(=O)OC)n1. The first-order valence-corrected chi connectivity index (χ1v) is 6.29. The normalized spacial score (nSPS) is 10.1. The van der Waals surface area contributed by atoms with Crippen LogP contribution in [0, 0.1) is 0 Å². The van der Waals surface area contributed by atoms with Gasteiger partial charge in [-0.3, -0.25) is 9.97 Å². The summed E-state index contributed by atoms with van der Waals surface area (Å²) in [6.45, 7) is 3.35. The minimum Gasteiger partial charge on any atom is -0.464 e. The van der Waals surface area contributed by atoms with Crippen LogP contribution in [-0.2, 0) is 11.3 Å². The van der Waals surface area contributed by atoms with Crippen molar-refractivity contribution >= 4 is 11.8 Å². The van der Waals surface area contributed by atoms with E-state index in [-0.39, 0.29) is 5.69 Å². The molecule has 0 aromatic carbocycles. The van der Waals surface area contributed by atoms with Crippen LogP contribution in [0.2, 0.25) is 0 Å². The zero-order valence-corrected chi connectivity index (χ0v) is 11.5. The number of pyridine rings is 1. The molecule has 2 heterocycles. The summed E-state index contributed by atoms with van der Waals surface area (Å²) in [5.41, 5.74) is 1.13. The van der Waals surface area contributed by atoms with Crippen molar-refractivity contribution < 1.29 is 9.53 Å². The van der Waals surface area contributed by atoms with Crippen LogP contribution in [0.1, 0.15) is 23.1 Å². The Hall–Kier alpha value is -2.50. The van der Waals surface area contributed by atoms with Gasteiger partial charge in [-0.25, -0.2) is 9.78 Å². The lowest BCUT2D eigenvalue weighted by atomic mass is 10.3. The van der Waals surface area contributed by atoms with Gasteiger partial charge in [0, 0.05) is 12.7 Å². The smallest absolute Gasteiger partial charge is 0.358 e. The maximum atomic E-state index is 11.5. The number of methoxy groups -OCH3 is 1. The molecule has 0 aliphatic heterocycles. The van der Waals surface area contributed by atoms with Crippen molar-refractivity contribution in [3.8, 4) is 0 Å². The van der Waals surface area contributed by atoms with E-state index in [9.17, 15) is 4.79 Å². The predicted molar refractivity (Wildman–Crippen MR) is 74.3 cm³/mol. The number of ether oxygens (including phenoxy) is 1. The van der Waals surface area contributed by atoms with Crippen LogP contribution in [0.3, 0.4) is 0 Å². The van der Waals surface area contributed by atoms with Crippen molar-refractivity contribution in [3.05, 3.63) is 48.2 Å². The van der Waals surface area contributed by atoms with Gasteiger partial charge in [0.1, 0.15) is 5.82 Å². The molecule has 0 radical (unpaired) electrons. The van der Waals surface area contributed by atoms with E-state index in [4.69, 9.17) is 0 Å². The van der Waals surface area contributed by atoms with E-state index in [1.165, 1.54) is 13.3 Å². The maximum absolute atomic E-state index is 11.5. The van der Waals surface area contributed by atoms with Crippen LogP contribution in [-0.4, -0.2) is 34.6 Å². The summed E-state index contributed by atoms with van der Waals surface area (Å²) < 4.78 is 4.65. The molecule has 0 amide bonds. The Balaban J connectivity index is 2.21. The summed E-state index contributed by atoms with van der Waals surface area (Å²) in [6, 6.07) is 5.75. The number of hydrogen-bond donors (Lipinski definition) is 0. The van der Waals surface area contributed by atoms with Gasteiger partial charge in [-0.1, -0.05) is 6.07 Å². The quantitative estimate of drug-likeness (QED) is 0.771. The molecule has 2 aromatic heterocycles. The number of hydrogen-bond acceptors (Lipinski definition) is 6. The van der Waals surface area contributed by atoms with E-state index in [0.717, 1.165) is 12.2 Å². The predicted octanol–water partition coefficient (Wildman–Crippen LogP) is 1.68. The lowest BCUT2D eigenvalue weighted by Gasteiger charge is -2.21. The fourth-order valence-electron chi connectivity index (χ4n) is 1.75. The van der Waals surface area contributed by atoms with Crippen LogP contribution in [0.4, 0.5) is 5.82 Å². The average Bonchev–Trinajstić information content (AvgIpc) is 2.53. The molecular weight excluding hydrogens is 256 g/mol. The number of anilines is 1. The summed E-state index contributed by atoms with van der Waals surface area (Å²) in [6.07, 6.45) is 4.77. The summed E-state index contributed by atoms with van der Waals surface area (Å²) in [5, 5.41) is 0. The van der Waals surface area contributed by atoms with Crippen LogP contribution < -0.4 is 4.90 Å². The minimum absolute atomic E-state index is 0.199. The molecule has 0 saturated heterocycles. The first-order valence-electron chi connectivity index (χ1n) is 6.29. The van der Waals surface area contributed by atoms with Gasteiger partial charge in [-0.2, -0.15) is 0 Å². The Morgan fingerprint density at radius 2 is 2.20 bits per heavy atom. The van der Waals surface area contributed by atoms with E-state index >= 15 is 0 Å². The Morgan fingerprint density at radius 1 is 1.35 bits per heavy atom. The molecule has 20 heavy (non-hydrogen) atoms. The van der Waals surface area contributed by atoms with Gasteiger partial charge in [0.25, 0.3) is 0 Å². The monoisotopic (exact) mass is 272 g/mol. The molecule has 0 spiro atoms. The highest BCUT2D eigenvalue weighted by Crippen LogP contribution is 2.13. The van der Waals surface area contributed by atoms with Crippen molar-refractivity contribution in [3.63, 3.8) is 0 Å². The molecule has 6 heteroatoms. The van der Waals surface area contributed by atoms with Gasteiger partial charge in [0.2, 0.25) is 0 Å². The fourth-order valence-corrected chi connectivity index (χ4v) is 1.75. The summed E-state index contributed by atoms with van der Waals surface area (Å²) in [4.78, 5) is 26.1. The first-order chi connectivity index (χ1) is 9.74. The molecule has 104 valence electrons. The van der Waals surface area contributed by atoms with Crippen LogP contribution in [0.15, 0.2) is 36.8 Å². The maximum Gasteiger partial charge on any atom is 0.358 e. The Morgan fingerprint density at radius 3 is 2.85 bits per heavy atom. The number of carbonyl (C=O) groups is 1. The van der Waals surface area contributed by atoms with Crippen molar-refractivity contribution in [2.45, 2.75) is 13.5 Å². The van der Waals surface area contributed by atoms with Crippen LogP contribution in [0.5, 0.6) is 0 Å². The Labute approximate surface area is 117 Å². The summed E-state index contributed by atoms with van der Waals surface area (Å²) in [5.74, 6) is 0.134. The molecule has 6 nitrogen and oxygen atoms in total. The molecule has 0 N–H and O–H groups in total. The van der Waals surface area contributed by atoms with Gasteiger partial charge in [-0.15, -0.1) is 0 Å². The summed E-state index contributed by atoms with van der Waals surface area (Å²) >= 11 is 0. The molecule has 0 aliphatic carbocycles. The number of esters is 1. The third kappa shape index (κ3) is 3.28. The number of rotatable bonds is 5. The van der Waals surface area contributed by atoms with Crippen molar-refractivity contribution in [1.29, 1.82) is 0 Å². The van der Waals surface area contributed by atoms with E-state index in [2.05, 4.69) is 19.7 Å². The Bertz CT molecular complexity index is 574. The lowest BCUT2D eigenvalue weighted by molar-refractivity contribution is 0.0593. The summed E-state index contributed by atoms with van der Waals surface area (Å²) in [7, 11) is 1.32. The minimum atomic E-state index is -0.492. The largest absolute Gasteiger partial charge is 0.464 e. The Kier molecular flexibility index (Phi) is 4.60. The topological polar surface area (TPSA) is 68.2 Å². The third-order valence-corrected chi connectivity index (χ3v) is 2.80. The van der Waals surface area contributed by atoms with Gasteiger partial charge >= 0.3 is 5.97 Å². The average molecular weight is 272 g/mol. The molecule has 0 unspecified atom stereocenters.